The van der Waals surface area contributed by atoms with Crippen LogP contribution in [0.15, 0.2) is 12.7 Å². The molecule has 17 heavy (non-hydrogen) atoms. The van der Waals surface area contributed by atoms with Gasteiger partial charge in [-0.1, -0.05) is 6.08 Å². The molecule has 0 saturated carbocycles. The molecule has 0 spiro atoms. The molecule has 7 heteroatoms. The molecule has 0 aliphatic carbocycles. The van der Waals surface area contributed by atoms with Gasteiger partial charge in [-0.05, 0) is 0 Å². The summed E-state index contributed by atoms with van der Waals surface area (Å²) in [5.41, 5.74) is 2.88. The van der Waals surface area contributed by atoms with Gasteiger partial charge >= 0.3 is 0 Å². The number of nitrogens with zero attached hydrogens (tertiary/aromatic N) is 1. The summed E-state index contributed by atoms with van der Waals surface area (Å²) in [5, 5.41) is 12.3. The van der Waals surface area contributed by atoms with Gasteiger partial charge in [-0.15, -0.1) is 6.58 Å². The normalized spacial score (nSPS) is 25.8. The van der Waals surface area contributed by atoms with Gasteiger partial charge in [-0.2, -0.15) is 0 Å². The van der Waals surface area contributed by atoms with Gasteiger partial charge < -0.3 is 21.1 Å². The van der Waals surface area contributed by atoms with Crippen molar-refractivity contribution in [3.8, 4) is 0 Å². The smallest absolute Gasteiger partial charge is 0.250 e. The van der Waals surface area contributed by atoms with Gasteiger partial charge in [0.25, 0.3) is 0 Å². The third kappa shape index (κ3) is 3.04. The zero-order valence-electron chi connectivity index (χ0n) is 9.31. The number of aliphatic hydroxyl groups is 1. The van der Waals surface area contributed by atoms with Crippen LogP contribution in [0, 0.1) is 0 Å². The number of carbonyl (C=O) groups is 3. The Hall–Kier alpha value is -1.89. The average Bonchev–Trinajstić information content (AvgIpc) is 2.22. The molecule has 1 rings (SSSR count). The van der Waals surface area contributed by atoms with E-state index in [0.717, 1.165) is 0 Å². The minimum Gasteiger partial charge on any atom is -0.379 e. The van der Waals surface area contributed by atoms with Crippen molar-refractivity contribution in [2.24, 2.45) is 5.73 Å². The molecule has 0 aromatic heterocycles. The van der Waals surface area contributed by atoms with Crippen LogP contribution in [0.1, 0.15) is 12.8 Å². The molecule has 1 aliphatic heterocycles. The lowest BCUT2D eigenvalue weighted by molar-refractivity contribution is -0.153. The van der Waals surface area contributed by atoms with E-state index in [2.05, 4.69) is 11.9 Å². The third-order valence-corrected chi connectivity index (χ3v) is 2.52. The first kappa shape index (κ1) is 13.2. The highest BCUT2D eigenvalue weighted by Crippen LogP contribution is 2.18. The predicted octanol–water partition coefficient (Wildman–Crippen LogP) is -1.92. The van der Waals surface area contributed by atoms with Gasteiger partial charge in [0.2, 0.25) is 17.7 Å². The van der Waals surface area contributed by atoms with Crippen molar-refractivity contribution in [2.75, 3.05) is 13.2 Å². The maximum atomic E-state index is 11.7. The summed E-state index contributed by atoms with van der Waals surface area (Å²) in [6.07, 6.45) is 0.481. The van der Waals surface area contributed by atoms with E-state index in [-0.39, 0.29) is 13.2 Å². The topological polar surface area (TPSA) is 113 Å². The Morgan fingerprint density at radius 1 is 1.59 bits per heavy atom. The summed E-state index contributed by atoms with van der Waals surface area (Å²) < 4.78 is 0. The lowest BCUT2D eigenvalue weighted by atomic mass is 9.93. The van der Waals surface area contributed by atoms with E-state index in [4.69, 9.17) is 5.73 Å². The number of primary amides is 1. The monoisotopic (exact) mass is 241 g/mol. The fraction of sp³-hybridized carbons (Fsp3) is 0.500. The molecule has 3 amide bonds. The quantitative estimate of drug-likeness (QED) is 0.500. The zero-order chi connectivity index (χ0) is 13.1. The van der Waals surface area contributed by atoms with Gasteiger partial charge in [0.1, 0.15) is 0 Å². The molecule has 0 radical (unpaired) electrons. The molecule has 94 valence electrons. The number of hydrogen-bond acceptors (Lipinski definition) is 4. The highest BCUT2D eigenvalue weighted by molar-refractivity contribution is 5.95. The number of nitrogens with two attached hydrogens (primary N) is 1. The maximum absolute atomic E-state index is 11.7. The van der Waals surface area contributed by atoms with Gasteiger partial charge in [0.15, 0.2) is 5.60 Å². The highest BCUT2D eigenvalue weighted by atomic mass is 16.3. The molecule has 7 nitrogen and oxygen atoms in total. The largest absolute Gasteiger partial charge is 0.379 e. The van der Waals surface area contributed by atoms with Gasteiger partial charge in [-0.3, -0.25) is 14.4 Å². The van der Waals surface area contributed by atoms with Crippen LogP contribution in [0.4, 0.5) is 0 Å². The second-order valence-corrected chi connectivity index (χ2v) is 3.91. The molecular formula is C10H15N3O4. The fourth-order valence-corrected chi connectivity index (χ4v) is 1.52. The van der Waals surface area contributed by atoms with Crippen LogP contribution in [-0.2, 0) is 14.4 Å². The molecule has 1 unspecified atom stereocenters. The predicted molar refractivity (Wildman–Crippen MR) is 58.3 cm³/mol. The van der Waals surface area contributed by atoms with Crippen LogP contribution >= 0.6 is 0 Å². The first-order valence-electron chi connectivity index (χ1n) is 5.06. The van der Waals surface area contributed by atoms with E-state index in [9.17, 15) is 19.5 Å². The lowest BCUT2D eigenvalue weighted by Gasteiger charge is -2.31. The summed E-state index contributed by atoms with van der Waals surface area (Å²) in [6, 6.07) is 0. The lowest BCUT2D eigenvalue weighted by Crippen LogP contribution is -2.55. The minimum absolute atomic E-state index is 0.0263. The van der Waals surface area contributed by atoms with Crippen LogP contribution in [0.5, 0.6) is 0 Å². The van der Waals surface area contributed by atoms with Crippen LogP contribution in [0.2, 0.25) is 0 Å². The van der Waals surface area contributed by atoms with Crippen molar-refractivity contribution in [1.82, 2.24) is 10.2 Å². The van der Waals surface area contributed by atoms with Gasteiger partial charge in [0.05, 0.1) is 19.5 Å². The molecular weight excluding hydrogens is 226 g/mol. The summed E-state index contributed by atoms with van der Waals surface area (Å²) in [6.45, 7) is 3.72. The van der Waals surface area contributed by atoms with Gasteiger partial charge in [-0.25, -0.2) is 0 Å². The third-order valence-electron chi connectivity index (χ3n) is 2.52. The van der Waals surface area contributed by atoms with Crippen molar-refractivity contribution in [2.45, 2.75) is 18.4 Å². The molecule has 0 aromatic rings. The molecule has 1 fully saturated rings. The van der Waals surface area contributed by atoms with Crippen LogP contribution < -0.4 is 11.1 Å². The van der Waals surface area contributed by atoms with E-state index >= 15 is 0 Å². The number of nitrogens with one attached hydrogen (secondary N) is 1. The van der Waals surface area contributed by atoms with E-state index < -0.39 is 36.2 Å². The van der Waals surface area contributed by atoms with Crippen LogP contribution in [0.25, 0.3) is 0 Å². The molecule has 1 saturated heterocycles. The van der Waals surface area contributed by atoms with E-state index in [1.807, 2.05) is 0 Å². The van der Waals surface area contributed by atoms with Crippen molar-refractivity contribution >= 4 is 17.7 Å². The summed E-state index contributed by atoms with van der Waals surface area (Å²) in [4.78, 5) is 35.5. The number of amides is 3. The van der Waals surface area contributed by atoms with Gasteiger partial charge in [0, 0.05) is 6.54 Å². The summed E-state index contributed by atoms with van der Waals surface area (Å²) >= 11 is 0. The Morgan fingerprint density at radius 3 is 2.76 bits per heavy atom. The fourth-order valence-electron chi connectivity index (χ4n) is 1.52. The Bertz CT molecular complexity index is 369. The van der Waals surface area contributed by atoms with Crippen LogP contribution in [0.3, 0.4) is 0 Å². The first-order valence-corrected chi connectivity index (χ1v) is 5.06. The second kappa shape index (κ2) is 4.96. The molecule has 1 heterocycles. The van der Waals surface area contributed by atoms with Crippen molar-refractivity contribution in [3.05, 3.63) is 12.7 Å². The molecule has 0 aromatic carbocycles. The minimum atomic E-state index is -2.12. The number of carbonyl (C=O) groups excluding carboxylic acids is 3. The van der Waals surface area contributed by atoms with Crippen molar-refractivity contribution in [1.29, 1.82) is 0 Å². The average molecular weight is 241 g/mol. The Morgan fingerprint density at radius 2 is 2.24 bits per heavy atom. The molecule has 4 N–H and O–H groups in total. The zero-order valence-corrected chi connectivity index (χ0v) is 9.31. The first-order chi connectivity index (χ1) is 7.89. The Labute approximate surface area is 98.3 Å². The number of hydrogen-bond donors (Lipinski definition) is 3. The number of rotatable bonds is 3. The van der Waals surface area contributed by atoms with E-state index in [1.165, 1.54) is 11.0 Å². The summed E-state index contributed by atoms with van der Waals surface area (Å²) in [5.74, 6) is -2.08. The Kier molecular flexibility index (Phi) is 3.84. The van der Waals surface area contributed by atoms with Crippen molar-refractivity contribution in [3.63, 3.8) is 0 Å². The van der Waals surface area contributed by atoms with Crippen LogP contribution in [-0.4, -0.2) is 46.5 Å². The van der Waals surface area contributed by atoms with Crippen molar-refractivity contribution < 1.29 is 19.5 Å². The SMILES string of the molecule is C=CCN1CNC(=O)CC(O)(C(N)=O)CC1=O. The highest BCUT2D eigenvalue weighted by Gasteiger charge is 2.41. The molecule has 1 aliphatic rings. The molecule has 1 atom stereocenters. The standard InChI is InChI=1S/C10H15N3O4/c1-2-3-13-6-12-7(14)4-10(17,9(11)16)5-8(13)15/h2,17H,1,3-6H2,(H2,11,16)(H,12,14). The molecule has 0 bridgehead atoms. The summed E-state index contributed by atoms with van der Waals surface area (Å²) in [7, 11) is 0. The van der Waals surface area contributed by atoms with E-state index in [0.29, 0.717) is 0 Å². The maximum Gasteiger partial charge on any atom is 0.250 e. The Balaban J connectivity index is 2.92. The van der Waals surface area contributed by atoms with E-state index in [1.54, 1.807) is 0 Å². The second-order valence-electron chi connectivity index (χ2n) is 3.91.